The van der Waals surface area contributed by atoms with Crippen LogP contribution >= 0.6 is 0 Å². The second-order valence-electron chi connectivity index (χ2n) is 3.57. The Morgan fingerprint density at radius 3 is 2.25 bits per heavy atom. The second-order valence-corrected chi connectivity index (χ2v) is 3.57. The molecule has 0 heterocycles. The molecule has 0 aliphatic carbocycles. The van der Waals surface area contributed by atoms with E-state index in [4.69, 9.17) is 0 Å². The highest BCUT2D eigenvalue weighted by atomic mass is 16.5. The van der Waals surface area contributed by atoms with Gasteiger partial charge in [-0.1, -0.05) is 41.8 Å². The van der Waals surface area contributed by atoms with Crippen molar-refractivity contribution in [2.24, 2.45) is 0 Å². The Hall–Kier alpha value is -2.80. The molecule has 20 heavy (non-hydrogen) atoms. The number of hydrogen-bond donors (Lipinski definition) is 0. The molecule has 0 saturated carbocycles. The van der Waals surface area contributed by atoms with Crippen molar-refractivity contribution in [2.45, 2.75) is 0 Å². The van der Waals surface area contributed by atoms with Crippen LogP contribution in [0.2, 0.25) is 0 Å². The van der Waals surface area contributed by atoms with E-state index in [-0.39, 0.29) is 0 Å². The minimum Gasteiger partial charge on any atom is -0.466 e. The number of carbonyl (C=O) groups is 2. The van der Waals surface area contributed by atoms with Gasteiger partial charge >= 0.3 is 11.9 Å². The number of methoxy groups -OCH3 is 2. The van der Waals surface area contributed by atoms with Gasteiger partial charge in [-0.25, -0.2) is 9.59 Å². The Kier molecular flexibility index (Phi) is 6.35. The minimum absolute atomic E-state index is 0.475. The number of hydrogen-bond acceptors (Lipinski definition) is 4. The molecule has 0 bridgehead atoms. The lowest BCUT2D eigenvalue weighted by Crippen LogP contribution is -1.93. The summed E-state index contributed by atoms with van der Waals surface area (Å²) in [5.74, 6) is -1.00. The van der Waals surface area contributed by atoms with Crippen molar-refractivity contribution in [3.05, 3.63) is 65.6 Å². The summed E-state index contributed by atoms with van der Waals surface area (Å²) in [6.07, 6.45) is 3.93. The first-order chi connectivity index (χ1) is 9.67. The maximum Gasteiger partial charge on any atom is 0.338 e. The average molecular weight is 270 g/mol. The molecule has 0 atom stereocenters. The van der Waals surface area contributed by atoms with Gasteiger partial charge in [0.2, 0.25) is 0 Å². The molecule has 0 spiro atoms. The number of rotatable bonds is 4. The van der Waals surface area contributed by atoms with E-state index in [0.717, 1.165) is 11.6 Å². The molecule has 0 aromatic heterocycles. The third-order valence-corrected chi connectivity index (χ3v) is 2.27. The van der Waals surface area contributed by atoms with Crippen molar-refractivity contribution < 1.29 is 19.1 Å². The molecule has 4 heteroatoms. The predicted octanol–water partition coefficient (Wildman–Crippen LogP) is 2.28. The smallest absolute Gasteiger partial charge is 0.338 e. The molecule has 1 aromatic rings. The first kappa shape index (κ1) is 15.3. The minimum atomic E-state index is -0.526. The second kappa shape index (κ2) is 8.33. The maximum atomic E-state index is 11.1. The number of allylic oxidation sites excluding steroid dienone is 2. The Morgan fingerprint density at radius 2 is 1.65 bits per heavy atom. The fourth-order valence-corrected chi connectivity index (χ4v) is 1.28. The van der Waals surface area contributed by atoms with E-state index in [1.165, 1.54) is 20.3 Å². The van der Waals surface area contributed by atoms with Crippen LogP contribution in [0, 0.1) is 0 Å². The molecular weight excluding hydrogens is 256 g/mol. The van der Waals surface area contributed by atoms with Gasteiger partial charge in [0.25, 0.3) is 0 Å². The molecule has 0 amide bonds. The Morgan fingerprint density at radius 1 is 1.00 bits per heavy atom. The van der Waals surface area contributed by atoms with Crippen LogP contribution in [0.1, 0.15) is 5.56 Å². The van der Waals surface area contributed by atoms with Crippen LogP contribution in [-0.4, -0.2) is 26.2 Å². The molecule has 0 aliphatic heterocycles. The molecule has 0 aliphatic rings. The highest BCUT2D eigenvalue weighted by Gasteiger charge is 1.98. The van der Waals surface area contributed by atoms with Gasteiger partial charge in [0.1, 0.15) is 0 Å². The third kappa shape index (κ3) is 5.23. The zero-order chi connectivity index (χ0) is 14.8. The van der Waals surface area contributed by atoms with E-state index in [2.05, 4.69) is 20.9 Å². The third-order valence-electron chi connectivity index (χ3n) is 2.27. The fraction of sp³-hybridized carbons (Fsp3) is 0.125. The molecule has 1 aromatic carbocycles. The van der Waals surface area contributed by atoms with Gasteiger partial charge in [-0.05, 0) is 11.6 Å². The SMILES string of the molecule is COC(=O)C=C=C=C(/C=C/C(=O)OC)c1ccccc1. The lowest BCUT2D eigenvalue weighted by atomic mass is 10.1. The van der Waals surface area contributed by atoms with E-state index >= 15 is 0 Å². The highest BCUT2D eigenvalue weighted by molar-refractivity contribution is 5.87. The molecule has 0 N–H and O–H groups in total. The molecule has 0 saturated heterocycles. The van der Waals surface area contributed by atoms with E-state index in [1.54, 1.807) is 6.08 Å². The van der Waals surface area contributed by atoms with Crippen molar-refractivity contribution in [2.75, 3.05) is 14.2 Å². The summed E-state index contributed by atoms with van der Waals surface area (Å²) < 4.78 is 8.98. The van der Waals surface area contributed by atoms with Crippen LogP contribution < -0.4 is 0 Å². The zero-order valence-electron chi connectivity index (χ0n) is 11.3. The van der Waals surface area contributed by atoms with Crippen molar-refractivity contribution in [3.63, 3.8) is 0 Å². The number of ether oxygens (including phenoxy) is 2. The predicted molar refractivity (Wildman–Crippen MR) is 74.6 cm³/mol. The average Bonchev–Trinajstić information content (AvgIpc) is 2.50. The Bertz CT molecular complexity index is 599. The molecule has 4 nitrogen and oxygen atoms in total. The summed E-state index contributed by atoms with van der Waals surface area (Å²) >= 11 is 0. The van der Waals surface area contributed by atoms with Gasteiger partial charge in [0, 0.05) is 11.6 Å². The Balaban J connectivity index is 3.18. The fourth-order valence-electron chi connectivity index (χ4n) is 1.28. The number of benzene rings is 1. The van der Waals surface area contributed by atoms with E-state index in [0.29, 0.717) is 5.57 Å². The van der Waals surface area contributed by atoms with Gasteiger partial charge in [-0.2, -0.15) is 0 Å². The lowest BCUT2D eigenvalue weighted by Gasteiger charge is -1.97. The summed E-state index contributed by atoms with van der Waals surface area (Å²) in [7, 11) is 2.57. The summed E-state index contributed by atoms with van der Waals surface area (Å²) in [4.78, 5) is 22.1. The Labute approximate surface area is 117 Å². The molecule has 0 unspecified atom stereocenters. The maximum absolute atomic E-state index is 11.1. The normalized spacial score (nSPS) is 9.30. The van der Waals surface area contributed by atoms with Gasteiger partial charge in [-0.3, -0.25) is 0 Å². The van der Waals surface area contributed by atoms with Crippen LogP contribution in [0.25, 0.3) is 5.57 Å². The molecule has 1 rings (SSSR count). The molecular formula is C16H14O4. The highest BCUT2D eigenvalue weighted by Crippen LogP contribution is 2.13. The quantitative estimate of drug-likeness (QED) is 0.364. The van der Waals surface area contributed by atoms with Crippen molar-refractivity contribution in [1.29, 1.82) is 0 Å². The summed E-state index contributed by atoms with van der Waals surface area (Å²) in [6.45, 7) is 0. The topological polar surface area (TPSA) is 52.6 Å². The van der Waals surface area contributed by atoms with Gasteiger partial charge < -0.3 is 9.47 Å². The summed E-state index contributed by atoms with van der Waals surface area (Å²) in [5, 5.41) is 0. The number of carbonyl (C=O) groups excluding carboxylic acids is 2. The first-order valence-corrected chi connectivity index (χ1v) is 5.78. The monoisotopic (exact) mass is 270 g/mol. The molecule has 0 radical (unpaired) electrons. The summed E-state index contributed by atoms with van der Waals surface area (Å²) in [5.41, 5.74) is 6.81. The summed E-state index contributed by atoms with van der Waals surface area (Å²) in [6, 6.07) is 9.28. The largest absolute Gasteiger partial charge is 0.466 e. The van der Waals surface area contributed by atoms with Crippen LogP contribution in [0.3, 0.4) is 0 Å². The van der Waals surface area contributed by atoms with Crippen molar-refractivity contribution >= 4 is 17.5 Å². The van der Waals surface area contributed by atoms with Gasteiger partial charge in [-0.15, -0.1) is 0 Å². The standard InChI is InChI=1S/C16H14O4/c1-19-15(17)10-6-9-14(11-12-16(18)20-2)13-7-4-3-5-8-13/h3-5,7-8,10-12H,1-2H3/b12-11+,14-10?. The zero-order valence-corrected chi connectivity index (χ0v) is 11.3. The van der Waals surface area contributed by atoms with E-state index < -0.39 is 11.9 Å². The van der Waals surface area contributed by atoms with E-state index in [1.807, 2.05) is 30.3 Å². The van der Waals surface area contributed by atoms with Gasteiger partial charge in [0.05, 0.1) is 20.3 Å². The van der Waals surface area contributed by atoms with Crippen molar-refractivity contribution in [3.8, 4) is 0 Å². The molecule has 102 valence electrons. The molecule has 0 fully saturated rings. The first-order valence-electron chi connectivity index (χ1n) is 5.78. The van der Waals surface area contributed by atoms with Crippen LogP contribution in [0.4, 0.5) is 0 Å². The lowest BCUT2D eigenvalue weighted by molar-refractivity contribution is -0.135. The van der Waals surface area contributed by atoms with Crippen LogP contribution in [-0.2, 0) is 19.1 Å². The van der Waals surface area contributed by atoms with Gasteiger partial charge in [0.15, 0.2) is 0 Å². The number of esters is 2. The van der Waals surface area contributed by atoms with Crippen molar-refractivity contribution in [1.82, 2.24) is 0 Å². The van der Waals surface area contributed by atoms with Crippen LogP contribution in [0.15, 0.2) is 60.0 Å². The van der Waals surface area contributed by atoms with Crippen LogP contribution in [0.5, 0.6) is 0 Å². The van der Waals surface area contributed by atoms with E-state index in [9.17, 15) is 9.59 Å².